The third-order valence-corrected chi connectivity index (χ3v) is 4.84. The summed E-state index contributed by atoms with van der Waals surface area (Å²) < 4.78 is 6.75. The van der Waals surface area contributed by atoms with Crippen molar-refractivity contribution in [3.05, 3.63) is 41.3 Å². The number of ether oxygens (including phenoxy) is 1. The summed E-state index contributed by atoms with van der Waals surface area (Å²) in [5.74, 6) is -0.328. The first-order valence-electron chi connectivity index (χ1n) is 8.87. The van der Waals surface area contributed by atoms with Gasteiger partial charge in [-0.2, -0.15) is 0 Å². The first-order valence-corrected chi connectivity index (χ1v) is 9.25. The van der Waals surface area contributed by atoms with Crippen LogP contribution in [-0.2, 0) is 14.3 Å². The Morgan fingerprint density at radius 3 is 2.92 bits per heavy atom. The van der Waals surface area contributed by atoms with Crippen molar-refractivity contribution < 1.29 is 14.3 Å². The Kier molecular flexibility index (Phi) is 6.28. The first kappa shape index (κ1) is 18.5. The summed E-state index contributed by atoms with van der Waals surface area (Å²) in [6.07, 6.45) is 10.6. The van der Waals surface area contributed by atoms with Gasteiger partial charge < -0.3 is 10.1 Å². The lowest BCUT2D eigenvalue weighted by Crippen LogP contribution is -2.33. The van der Waals surface area contributed by atoms with E-state index in [1.807, 2.05) is 18.2 Å². The van der Waals surface area contributed by atoms with Crippen LogP contribution in [0.5, 0.6) is 0 Å². The zero-order chi connectivity index (χ0) is 18.4. The Morgan fingerprint density at radius 2 is 2.12 bits per heavy atom. The summed E-state index contributed by atoms with van der Waals surface area (Å²) in [6.45, 7) is 0.375. The number of imidazole rings is 1. The van der Waals surface area contributed by atoms with E-state index < -0.39 is 5.97 Å². The molecule has 1 amide bonds. The molecule has 1 aliphatic carbocycles. The molecule has 0 aliphatic heterocycles. The Hall–Kier alpha value is -2.34. The molecule has 3 rings (SSSR count). The molecule has 2 aromatic rings. The third-order valence-electron chi connectivity index (χ3n) is 4.56. The van der Waals surface area contributed by atoms with Crippen LogP contribution in [0.2, 0.25) is 5.15 Å². The largest absolute Gasteiger partial charge is 0.452 e. The normalized spacial score (nSPS) is 15.4. The lowest BCUT2D eigenvalue weighted by Gasteiger charge is -2.21. The average molecular weight is 376 g/mol. The van der Waals surface area contributed by atoms with E-state index in [1.54, 1.807) is 10.6 Å². The van der Waals surface area contributed by atoms with Gasteiger partial charge >= 0.3 is 5.97 Å². The van der Waals surface area contributed by atoms with E-state index in [4.69, 9.17) is 16.3 Å². The van der Waals surface area contributed by atoms with E-state index in [9.17, 15) is 9.59 Å². The number of carbonyl (C=O) groups excluding carboxylic acids is 2. The number of pyridine rings is 1. The SMILES string of the molecule is O=C(COC(=O)/C=C/c1c(Cl)nc2ccccn12)NCC1CCCCC1. The summed E-state index contributed by atoms with van der Waals surface area (Å²) in [6, 6.07) is 5.52. The van der Waals surface area contributed by atoms with E-state index in [1.165, 1.54) is 31.4 Å². The van der Waals surface area contributed by atoms with Gasteiger partial charge in [0.2, 0.25) is 0 Å². The molecule has 138 valence electrons. The van der Waals surface area contributed by atoms with Crippen LogP contribution in [0.1, 0.15) is 37.8 Å². The van der Waals surface area contributed by atoms with Crippen molar-refractivity contribution in [1.29, 1.82) is 0 Å². The van der Waals surface area contributed by atoms with Crippen molar-refractivity contribution in [2.75, 3.05) is 13.2 Å². The van der Waals surface area contributed by atoms with Crippen molar-refractivity contribution in [1.82, 2.24) is 14.7 Å². The number of halogens is 1. The van der Waals surface area contributed by atoms with Gasteiger partial charge in [0.25, 0.3) is 5.91 Å². The number of amides is 1. The fraction of sp³-hybridized carbons (Fsp3) is 0.421. The molecule has 6 nitrogen and oxygen atoms in total. The molecule has 0 bridgehead atoms. The number of hydrogen-bond donors (Lipinski definition) is 1. The quantitative estimate of drug-likeness (QED) is 0.621. The van der Waals surface area contributed by atoms with Crippen LogP contribution in [0.4, 0.5) is 0 Å². The highest BCUT2D eigenvalue weighted by atomic mass is 35.5. The second kappa shape index (κ2) is 8.85. The van der Waals surface area contributed by atoms with Gasteiger partial charge in [0, 0.05) is 18.8 Å². The van der Waals surface area contributed by atoms with E-state index >= 15 is 0 Å². The lowest BCUT2D eigenvalue weighted by atomic mass is 9.89. The standard InChI is InChI=1S/C19H22ClN3O3/c20-19-15(23-11-5-4-8-16(23)22-19)9-10-18(25)26-13-17(24)21-12-14-6-2-1-3-7-14/h4-5,8-11,14H,1-3,6-7,12-13H2,(H,21,24)/b10-9+. The summed E-state index contributed by atoms with van der Waals surface area (Å²) >= 11 is 6.09. The highest BCUT2D eigenvalue weighted by molar-refractivity contribution is 6.31. The van der Waals surface area contributed by atoms with Crippen molar-refractivity contribution in [2.45, 2.75) is 32.1 Å². The van der Waals surface area contributed by atoms with Gasteiger partial charge in [0.15, 0.2) is 11.8 Å². The maximum absolute atomic E-state index is 11.8. The van der Waals surface area contributed by atoms with Gasteiger partial charge in [-0.25, -0.2) is 9.78 Å². The van der Waals surface area contributed by atoms with Gasteiger partial charge in [-0.05, 0) is 37.0 Å². The fourth-order valence-corrected chi connectivity index (χ4v) is 3.41. The van der Waals surface area contributed by atoms with Gasteiger partial charge in [-0.1, -0.05) is 36.9 Å². The van der Waals surface area contributed by atoms with Gasteiger partial charge in [0.1, 0.15) is 5.65 Å². The molecule has 0 radical (unpaired) electrons. The Bertz CT molecular complexity index is 809. The smallest absolute Gasteiger partial charge is 0.331 e. The maximum Gasteiger partial charge on any atom is 0.331 e. The van der Waals surface area contributed by atoms with Crippen LogP contribution in [0.3, 0.4) is 0 Å². The molecular formula is C19H22ClN3O3. The molecule has 1 N–H and O–H groups in total. The molecular weight excluding hydrogens is 354 g/mol. The minimum atomic E-state index is -0.597. The second-order valence-electron chi connectivity index (χ2n) is 6.47. The molecule has 0 aromatic carbocycles. The monoisotopic (exact) mass is 375 g/mol. The zero-order valence-corrected chi connectivity index (χ0v) is 15.2. The Balaban J connectivity index is 1.46. The number of rotatable bonds is 6. The van der Waals surface area contributed by atoms with E-state index in [0.717, 1.165) is 12.8 Å². The number of carbonyl (C=O) groups is 2. The highest BCUT2D eigenvalue weighted by Gasteiger charge is 2.14. The van der Waals surface area contributed by atoms with Gasteiger partial charge in [0.05, 0.1) is 5.69 Å². The first-order chi connectivity index (χ1) is 12.6. The molecule has 1 aliphatic rings. The number of aromatic nitrogens is 2. The molecule has 2 heterocycles. The van der Waals surface area contributed by atoms with Crippen molar-refractivity contribution in [2.24, 2.45) is 5.92 Å². The number of nitrogens with one attached hydrogen (secondary N) is 1. The molecule has 0 unspecified atom stereocenters. The van der Waals surface area contributed by atoms with Crippen LogP contribution in [0.25, 0.3) is 11.7 Å². The molecule has 26 heavy (non-hydrogen) atoms. The topological polar surface area (TPSA) is 72.7 Å². The summed E-state index contributed by atoms with van der Waals surface area (Å²) in [4.78, 5) is 27.8. The summed E-state index contributed by atoms with van der Waals surface area (Å²) in [5.41, 5.74) is 1.27. The second-order valence-corrected chi connectivity index (χ2v) is 6.82. The Morgan fingerprint density at radius 1 is 1.31 bits per heavy atom. The zero-order valence-electron chi connectivity index (χ0n) is 14.5. The van der Waals surface area contributed by atoms with Crippen LogP contribution >= 0.6 is 11.6 Å². The van der Waals surface area contributed by atoms with Crippen molar-refractivity contribution in [3.8, 4) is 0 Å². The van der Waals surface area contributed by atoms with E-state index in [2.05, 4.69) is 10.3 Å². The van der Waals surface area contributed by atoms with E-state index in [0.29, 0.717) is 29.0 Å². The molecule has 0 saturated heterocycles. The third kappa shape index (κ3) is 4.85. The van der Waals surface area contributed by atoms with Crippen LogP contribution in [-0.4, -0.2) is 34.4 Å². The summed E-state index contributed by atoms with van der Waals surface area (Å²) in [5, 5.41) is 3.13. The predicted molar refractivity (Wildman–Crippen MR) is 99.8 cm³/mol. The van der Waals surface area contributed by atoms with Crippen LogP contribution < -0.4 is 5.32 Å². The molecule has 1 fully saturated rings. The molecule has 0 atom stereocenters. The minimum Gasteiger partial charge on any atom is -0.452 e. The average Bonchev–Trinajstić information content (AvgIpc) is 2.99. The lowest BCUT2D eigenvalue weighted by molar-refractivity contribution is -0.143. The van der Waals surface area contributed by atoms with Crippen molar-refractivity contribution >= 4 is 35.2 Å². The Labute approximate surface area is 157 Å². The van der Waals surface area contributed by atoms with E-state index in [-0.39, 0.29) is 12.5 Å². The van der Waals surface area contributed by atoms with Gasteiger partial charge in [-0.15, -0.1) is 0 Å². The molecule has 2 aromatic heterocycles. The number of esters is 1. The molecule has 1 saturated carbocycles. The number of fused-ring (bicyclic) bond motifs is 1. The highest BCUT2D eigenvalue weighted by Crippen LogP contribution is 2.22. The van der Waals surface area contributed by atoms with Crippen molar-refractivity contribution in [3.63, 3.8) is 0 Å². The van der Waals surface area contributed by atoms with Crippen LogP contribution in [0.15, 0.2) is 30.5 Å². The fourth-order valence-electron chi connectivity index (χ4n) is 3.17. The maximum atomic E-state index is 11.8. The molecule has 7 heteroatoms. The number of nitrogens with zero attached hydrogens (tertiary/aromatic N) is 2. The number of hydrogen-bond acceptors (Lipinski definition) is 4. The minimum absolute atomic E-state index is 0.273. The van der Waals surface area contributed by atoms with Crippen LogP contribution in [0, 0.1) is 5.92 Å². The predicted octanol–water partition coefficient (Wildman–Crippen LogP) is 3.24. The molecule has 0 spiro atoms. The summed E-state index contributed by atoms with van der Waals surface area (Å²) in [7, 11) is 0. The van der Waals surface area contributed by atoms with Gasteiger partial charge in [-0.3, -0.25) is 9.20 Å².